The first-order valence-electron chi connectivity index (χ1n) is 10.1. The van der Waals surface area contributed by atoms with Crippen LogP contribution in [0, 0.1) is 0 Å². The van der Waals surface area contributed by atoms with E-state index in [2.05, 4.69) is 4.98 Å². The normalized spacial score (nSPS) is 12.6. The summed E-state index contributed by atoms with van der Waals surface area (Å²) < 4.78 is 36.2. The number of aromatic hydroxyl groups is 1. The Morgan fingerprint density at radius 1 is 1.26 bits per heavy atom. The van der Waals surface area contributed by atoms with Gasteiger partial charge in [0, 0.05) is 17.9 Å². The van der Waals surface area contributed by atoms with Crippen LogP contribution in [0.25, 0.3) is 16.0 Å². The Bertz CT molecular complexity index is 1490. The maximum atomic E-state index is 12.5. The Labute approximate surface area is 205 Å². The van der Waals surface area contributed by atoms with Crippen molar-refractivity contribution in [2.45, 2.75) is 18.8 Å². The number of phenolic OH excluding ortho intramolecular Hbond substituents is 1. The number of hydrogen-bond donors (Lipinski definition) is 1. The summed E-state index contributed by atoms with van der Waals surface area (Å²) in [7, 11) is -1.92. The minimum Gasteiger partial charge on any atom is -0.506 e. The number of nitrogens with zero attached hydrogens (tertiary/aromatic N) is 2. The highest BCUT2D eigenvalue weighted by Crippen LogP contribution is 2.39. The standard InChI is InChI=1S/C23H21ClN2O6S2/c1-13(15-5-4-6-18(27)21(15)24)32-19-10-20(33-22(19)23(28)31-2)26-12-25-16-8-7-14(9-17(16)26)11-34(3,29)30/h4-10,12-13,27H,11H2,1-3H3/t13-/m1/s1. The second-order valence-electron chi connectivity index (χ2n) is 7.72. The lowest BCUT2D eigenvalue weighted by molar-refractivity contribution is 0.0600. The number of rotatable bonds is 7. The molecule has 0 spiro atoms. The average molecular weight is 521 g/mol. The zero-order chi connectivity index (χ0) is 24.6. The monoisotopic (exact) mass is 520 g/mol. The first-order valence-corrected chi connectivity index (χ1v) is 13.3. The Kier molecular flexibility index (Phi) is 6.57. The highest BCUT2D eigenvalue weighted by molar-refractivity contribution is 7.89. The van der Waals surface area contributed by atoms with Gasteiger partial charge in [-0.05, 0) is 30.7 Å². The van der Waals surface area contributed by atoms with E-state index in [9.17, 15) is 18.3 Å². The second kappa shape index (κ2) is 9.28. The number of benzene rings is 2. The fourth-order valence-corrected chi connectivity index (χ4v) is 5.59. The maximum absolute atomic E-state index is 12.5. The minimum absolute atomic E-state index is 0.0661. The van der Waals surface area contributed by atoms with E-state index < -0.39 is 21.9 Å². The molecule has 0 amide bonds. The van der Waals surface area contributed by atoms with E-state index in [4.69, 9.17) is 21.1 Å². The van der Waals surface area contributed by atoms with Gasteiger partial charge in [-0.25, -0.2) is 18.2 Å². The third-order valence-electron chi connectivity index (χ3n) is 5.08. The molecule has 2 aromatic heterocycles. The molecule has 0 fully saturated rings. The highest BCUT2D eigenvalue weighted by Gasteiger charge is 2.23. The maximum Gasteiger partial charge on any atom is 0.351 e. The van der Waals surface area contributed by atoms with Gasteiger partial charge in [0.15, 0.2) is 14.7 Å². The van der Waals surface area contributed by atoms with Crippen molar-refractivity contribution in [1.82, 2.24) is 9.55 Å². The number of thiophene rings is 1. The van der Waals surface area contributed by atoms with E-state index in [-0.39, 0.29) is 27.2 Å². The molecule has 0 radical (unpaired) electrons. The van der Waals surface area contributed by atoms with E-state index >= 15 is 0 Å². The third kappa shape index (κ3) is 4.89. The summed E-state index contributed by atoms with van der Waals surface area (Å²) in [5.41, 5.74) is 2.55. The van der Waals surface area contributed by atoms with Gasteiger partial charge in [0.2, 0.25) is 0 Å². The van der Waals surface area contributed by atoms with E-state index in [1.165, 1.54) is 19.4 Å². The van der Waals surface area contributed by atoms with Crippen molar-refractivity contribution in [3.8, 4) is 16.5 Å². The molecule has 0 bridgehead atoms. The first-order chi connectivity index (χ1) is 16.1. The van der Waals surface area contributed by atoms with Crippen molar-refractivity contribution in [2.24, 2.45) is 0 Å². The van der Waals surface area contributed by atoms with Crippen LogP contribution in [0.5, 0.6) is 11.5 Å². The number of esters is 1. The van der Waals surface area contributed by atoms with Gasteiger partial charge >= 0.3 is 5.97 Å². The number of imidazole rings is 1. The summed E-state index contributed by atoms with van der Waals surface area (Å²) in [5, 5.41) is 10.7. The largest absolute Gasteiger partial charge is 0.506 e. The molecule has 2 heterocycles. The van der Waals surface area contributed by atoms with Crippen molar-refractivity contribution in [3.05, 3.63) is 69.8 Å². The quantitative estimate of drug-likeness (QED) is 0.345. The number of aromatic nitrogens is 2. The lowest BCUT2D eigenvalue weighted by Crippen LogP contribution is -2.07. The molecule has 0 saturated heterocycles. The summed E-state index contributed by atoms with van der Waals surface area (Å²) in [5.74, 6) is -0.443. The molecule has 4 aromatic rings. The van der Waals surface area contributed by atoms with Crippen LogP contribution in [-0.2, 0) is 20.3 Å². The van der Waals surface area contributed by atoms with Crippen LogP contribution < -0.4 is 4.74 Å². The zero-order valence-electron chi connectivity index (χ0n) is 18.5. The Balaban J connectivity index is 1.75. The summed E-state index contributed by atoms with van der Waals surface area (Å²) in [6, 6.07) is 11.8. The van der Waals surface area contributed by atoms with Gasteiger partial charge in [0.25, 0.3) is 0 Å². The summed E-state index contributed by atoms with van der Waals surface area (Å²) in [6.07, 6.45) is 2.20. The van der Waals surface area contributed by atoms with E-state index in [1.54, 1.807) is 54.2 Å². The third-order valence-corrected chi connectivity index (χ3v) is 7.45. The van der Waals surface area contributed by atoms with E-state index in [0.29, 0.717) is 27.2 Å². The molecular formula is C23H21ClN2O6S2. The van der Waals surface area contributed by atoms with Crippen LogP contribution in [0.3, 0.4) is 0 Å². The summed E-state index contributed by atoms with van der Waals surface area (Å²) in [4.78, 5) is 17.1. The summed E-state index contributed by atoms with van der Waals surface area (Å²) >= 11 is 7.37. The Morgan fingerprint density at radius 3 is 2.74 bits per heavy atom. The molecule has 0 unspecified atom stereocenters. The fraction of sp³-hybridized carbons (Fsp3) is 0.217. The lowest BCUT2D eigenvalue weighted by Gasteiger charge is -2.16. The van der Waals surface area contributed by atoms with Gasteiger partial charge in [-0.1, -0.05) is 29.8 Å². The molecule has 0 aliphatic carbocycles. The van der Waals surface area contributed by atoms with Crippen LogP contribution in [0.2, 0.25) is 5.02 Å². The summed E-state index contributed by atoms with van der Waals surface area (Å²) in [6.45, 7) is 1.75. The van der Waals surface area contributed by atoms with Crippen LogP contribution in [0.1, 0.15) is 33.8 Å². The lowest BCUT2D eigenvalue weighted by atomic mass is 10.1. The van der Waals surface area contributed by atoms with Gasteiger partial charge in [0.1, 0.15) is 28.9 Å². The first kappa shape index (κ1) is 24.1. The van der Waals surface area contributed by atoms with Gasteiger partial charge in [-0.15, -0.1) is 11.3 Å². The molecule has 0 aliphatic rings. The van der Waals surface area contributed by atoms with E-state index in [1.807, 2.05) is 0 Å². The highest BCUT2D eigenvalue weighted by atomic mass is 35.5. The zero-order valence-corrected chi connectivity index (χ0v) is 20.9. The smallest absolute Gasteiger partial charge is 0.351 e. The van der Waals surface area contributed by atoms with Crippen molar-refractivity contribution in [3.63, 3.8) is 0 Å². The van der Waals surface area contributed by atoms with Gasteiger partial charge in [-0.3, -0.25) is 4.57 Å². The van der Waals surface area contributed by atoms with E-state index in [0.717, 1.165) is 11.3 Å². The number of halogens is 1. The van der Waals surface area contributed by atoms with Crippen LogP contribution >= 0.6 is 22.9 Å². The molecular weight excluding hydrogens is 500 g/mol. The molecule has 34 heavy (non-hydrogen) atoms. The fourth-order valence-electron chi connectivity index (χ4n) is 3.53. The number of methoxy groups -OCH3 is 1. The number of carbonyl (C=O) groups is 1. The Hall–Kier alpha value is -3.08. The topological polar surface area (TPSA) is 108 Å². The molecule has 1 N–H and O–H groups in total. The number of carbonyl (C=O) groups excluding carboxylic acids is 1. The molecule has 0 aliphatic heterocycles. The predicted octanol–water partition coefficient (Wildman–Crippen LogP) is 4.92. The van der Waals surface area contributed by atoms with Crippen molar-refractivity contribution >= 4 is 49.8 Å². The second-order valence-corrected chi connectivity index (χ2v) is 11.3. The number of phenols is 1. The average Bonchev–Trinajstić information content (AvgIpc) is 3.37. The van der Waals surface area contributed by atoms with Gasteiger partial charge in [0.05, 0.1) is 28.9 Å². The van der Waals surface area contributed by atoms with Gasteiger partial charge < -0.3 is 14.6 Å². The van der Waals surface area contributed by atoms with Crippen LogP contribution in [0.4, 0.5) is 0 Å². The number of fused-ring (bicyclic) bond motifs is 1. The molecule has 1 atom stereocenters. The molecule has 8 nitrogen and oxygen atoms in total. The molecule has 4 rings (SSSR count). The molecule has 11 heteroatoms. The SMILES string of the molecule is COC(=O)c1sc(-n2cnc3ccc(CS(C)(=O)=O)cc32)cc1O[C@H](C)c1cccc(O)c1Cl. The number of sulfone groups is 1. The van der Waals surface area contributed by atoms with Crippen LogP contribution in [-0.4, -0.2) is 42.4 Å². The number of ether oxygens (including phenoxy) is 2. The number of hydrogen-bond acceptors (Lipinski definition) is 8. The van der Waals surface area contributed by atoms with Crippen molar-refractivity contribution in [1.29, 1.82) is 0 Å². The molecule has 2 aromatic carbocycles. The van der Waals surface area contributed by atoms with Crippen LogP contribution in [0.15, 0.2) is 48.8 Å². The minimum atomic E-state index is -3.21. The predicted molar refractivity (Wildman–Crippen MR) is 131 cm³/mol. The molecule has 0 saturated carbocycles. The van der Waals surface area contributed by atoms with Crippen molar-refractivity contribution < 1.29 is 27.8 Å². The van der Waals surface area contributed by atoms with Gasteiger partial charge in [-0.2, -0.15) is 0 Å². The molecule has 178 valence electrons. The van der Waals surface area contributed by atoms with Crippen molar-refractivity contribution in [2.75, 3.05) is 13.4 Å². The Morgan fingerprint density at radius 2 is 2.03 bits per heavy atom.